The first kappa shape index (κ1) is 13.8. The molecule has 0 bridgehead atoms. The van der Waals surface area contributed by atoms with Crippen molar-refractivity contribution in [1.29, 1.82) is 0 Å². The summed E-state index contributed by atoms with van der Waals surface area (Å²) in [6.45, 7) is 0. The maximum atomic E-state index is 12.4. The number of ether oxygens (including phenoxy) is 1. The molecule has 0 amide bonds. The van der Waals surface area contributed by atoms with E-state index in [1.54, 1.807) is 7.11 Å². The molecule has 0 atom stereocenters. The third kappa shape index (κ3) is 1.90. The summed E-state index contributed by atoms with van der Waals surface area (Å²) in [6, 6.07) is 7.95. The van der Waals surface area contributed by atoms with Gasteiger partial charge in [0.15, 0.2) is 0 Å². The van der Waals surface area contributed by atoms with E-state index in [2.05, 4.69) is 28.1 Å². The van der Waals surface area contributed by atoms with Crippen molar-refractivity contribution in [1.82, 2.24) is 0 Å². The molecular formula is C18H15BrO3. The molecule has 0 spiro atoms. The summed E-state index contributed by atoms with van der Waals surface area (Å²) >= 11 is 3.58. The zero-order valence-corrected chi connectivity index (χ0v) is 13.8. The maximum Gasteiger partial charge on any atom is 0.339 e. The van der Waals surface area contributed by atoms with Gasteiger partial charge in [-0.05, 0) is 49.4 Å². The van der Waals surface area contributed by atoms with Crippen LogP contribution in [-0.2, 0) is 12.8 Å². The van der Waals surface area contributed by atoms with Crippen LogP contribution in [0.25, 0.3) is 21.7 Å². The van der Waals surface area contributed by atoms with Crippen LogP contribution in [0.5, 0.6) is 5.75 Å². The van der Waals surface area contributed by atoms with E-state index in [9.17, 15) is 4.79 Å². The molecule has 2 aromatic carbocycles. The number of hydrogen-bond acceptors (Lipinski definition) is 3. The van der Waals surface area contributed by atoms with Crippen molar-refractivity contribution >= 4 is 37.7 Å². The van der Waals surface area contributed by atoms with Crippen molar-refractivity contribution < 1.29 is 9.15 Å². The molecule has 0 radical (unpaired) electrons. The molecule has 0 fully saturated rings. The van der Waals surface area contributed by atoms with Crippen LogP contribution in [0.15, 0.2) is 37.9 Å². The van der Waals surface area contributed by atoms with Gasteiger partial charge in [-0.15, -0.1) is 0 Å². The summed E-state index contributed by atoms with van der Waals surface area (Å²) in [6.07, 6.45) is 3.96. The predicted octanol–water partition coefficient (Wildman–Crippen LogP) is 4.60. The fraction of sp³-hybridized carbons (Fsp3) is 0.278. The summed E-state index contributed by atoms with van der Waals surface area (Å²) in [5, 5.41) is 2.90. The van der Waals surface area contributed by atoms with Gasteiger partial charge in [-0.3, -0.25) is 0 Å². The minimum Gasteiger partial charge on any atom is -0.496 e. The zero-order valence-electron chi connectivity index (χ0n) is 12.2. The van der Waals surface area contributed by atoms with Crippen LogP contribution in [0.1, 0.15) is 24.0 Å². The van der Waals surface area contributed by atoms with Crippen LogP contribution >= 0.6 is 15.9 Å². The lowest BCUT2D eigenvalue weighted by Crippen LogP contribution is -2.15. The van der Waals surface area contributed by atoms with Gasteiger partial charge in [-0.25, -0.2) is 4.79 Å². The Hall–Kier alpha value is -1.81. The Balaban J connectivity index is 2.22. The van der Waals surface area contributed by atoms with E-state index in [0.717, 1.165) is 63.2 Å². The van der Waals surface area contributed by atoms with Crippen LogP contribution in [-0.4, -0.2) is 7.11 Å². The summed E-state index contributed by atoms with van der Waals surface area (Å²) in [7, 11) is 1.65. The number of benzene rings is 2. The normalized spacial score (nSPS) is 14.3. The molecule has 0 saturated heterocycles. The summed E-state index contributed by atoms with van der Waals surface area (Å²) < 4.78 is 12.1. The zero-order chi connectivity index (χ0) is 15.3. The lowest BCUT2D eigenvalue weighted by Gasteiger charge is -2.17. The van der Waals surface area contributed by atoms with Crippen molar-refractivity contribution in [2.45, 2.75) is 25.7 Å². The van der Waals surface area contributed by atoms with Crippen LogP contribution < -0.4 is 10.4 Å². The topological polar surface area (TPSA) is 39.4 Å². The third-order valence-electron chi connectivity index (χ3n) is 4.50. The minimum absolute atomic E-state index is 0.190. The van der Waals surface area contributed by atoms with Gasteiger partial charge < -0.3 is 9.15 Å². The molecule has 0 aliphatic heterocycles. The smallest absolute Gasteiger partial charge is 0.339 e. The Labute approximate surface area is 136 Å². The average molecular weight is 359 g/mol. The van der Waals surface area contributed by atoms with Crippen molar-refractivity contribution in [3.63, 3.8) is 0 Å². The molecule has 22 heavy (non-hydrogen) atoms. The molecule has 0 N–H and O–H groups in total. The largest absolute Gasteiger partial charge is 0.496 e. The molecule has 4 heteroatoms. The van der Waals surface area contributed by atoms with E-state index in [4.69, 9.17) is 9.15 Å². The third-order valence-corrected chi connectivity index (χ3v) is 5.16. The van der Waals surface area contributed by atoms with Crippen LogP contribution in [0.4, 0.5) is 0 Å². The number of aryl methyl sites for hydroxylation is 1. The van der Waals surface area contributed by atoms with Crippen LogP contribution in [0.3, 0.4) is 0 Å². The second kappa shape index (κ2) is 5.13. The van der Waals surface area contributed by atoms with Gasteiger partial charge in [0, 0.05) is 26.2 Å². The van der Waals surface area contributed by atoms with E-state index in [0.29, 0.717) is 5.58 Å². The Kier molecular flexibility index (Phi) is 3.22. The number of rotatable bonds is 1. The summed E-state index contributed by atoms with van der Waals surface area (Å²) in [5.41, 5.74) is 2.49. The standard InChI is InChI=1S/C18H15BrO3/c1-21-15-9-8-14(19)16-13(15)7-6-11-10-4-2-3-5-12(10)18(20)22-17(11)16/h6-9H,2-5H2,1H3. The molecule has 1 aliphatic rings. The van der Waals surface area contributed by atoms with Gasteiger partial charge in [0.05, 0.1) is 7.11 Å². The average Bonchev–Trinajstić information content (AvgIpc) is 2.55. The Bertz CT molecular complexity index is 956. The molecule has 112 valence electrons. The monoisotopic (exact) mass is 358 g/mol. The fourth-order valence-electron chi connectivity index (χ4n) is 3.45. The fourth-order valence-corrected chi connectivity index (χ4v) is 3.98. The Morgan fingerprint density at radius 3 is 2.55 bits per heavy atom. The van der Waals surface area contributed by atoms with E-state index in [1.165, 1.54) is 0 Å². The minimum atomic E-state index is -0.190. The van der Waals surface area contributed by atoms with Crippen LogP contribution in [0, 0.1) is 0 Å². The van der Waals surface area contributed by atoms with Crippen molar-refractivity contribution in [2.24, 2.45) is 0 Å². The van der Waals surface area contributed by atoms with Gasteiger partial charge >= 0.3 is 5.63 Å². The van der Waals surface area contributed by atoms with E-state index in [-0.39, 0.29) is 5.63 Å². The first-order valence-corrected chi connectivity index (χ1v) is 8.24. The highest BCUT2D eigenvalue weighted by molar-refractivity contribution is 9.10. The summed E-state index contributed by atoms with van der Waals surface area (Å²) in [5.74, 6) is 0.778. The molecule has 1 aliphatic carbocycles. The number of halogens is 1. The lowest BCUT2D eigenvalue weighted by atomic mass is 9.90. The first-order chi connectivity index (χ1) is 10.7. The van der Waals surface area contributed by atoms with Crippen molar-refractivity contribution in [2.75, 3.05) is 7.11 Å². The van der Waals surface area contributed by atoms with Gasteiger partial charge in [-0.2, -0.15) is 0 Å². The van der Waals surface area contributed by atoms with Crippen LogP contribution in [0.2, 0.25) is 0 Å². The number of methoxy groups -OCH3 is 1. The second-order valence-electron chi connectivity index (χ2n) is 5.67. The molecule has 0 unspecified atom stereocenters. The van der Waals surface area contributed by atoms with Crippen molar-refractivity contribution in [3.8, 4) is 5.75 Å². The van der Waals surface area contributed by atoms with Gasteiger partial charge in [0.1, 0.15) is 11.3 Å². The van der Waals surface area contributed by atoms with Gasteiger partial charge in [0.25, 0.3) is 0 Å². The number of hydrogen-bond donors (Lipinski definition) is 0. The SMILES string of the molecule is COc1ccc(Br)c2c1ccc1c3c(c(=O)oc12)CCCC3. The molecule has 0 saturated carbocycles. The van der Waals surface area contributed by atoms with Crippen molar-refractivity contribution in [3.05, 3.63) is 50.3 Å². The quantitative estimate of drug-likeness (QED) is 0.471. The first-order valence-electron chi connectivity index (χ1n) is 7.44. The number of fused-ring (bicyclic) bond motifs is 5. The molecule has 3 nitrogen and oxygen atoms in total. The lowest BCUT2D eigenvalue weighted by molar-refractivity contribution is 0.419. The van der Waals surface area contributed by atoms with E-state index < -0.39 is 0 Å². The van der Waals surface area contributed by atoms with E-state index in [1.807, 2.05) is 12.1 Å². The highest BCUT2D eigenvalue weighted by Crippen LogP contribution is 2.38. The molecule has 3 aromatic rings. The highest BCUT2D eigenvalue weighted by Gasteiger charge is 2.20. The Morgan fingerprint density at radius 2 is 1.77 bits per heavy atom. The molecule has 1 heterocycles. The summed E-state index contributed by atoms with van der Waals surface area (Å²) in [4.78, 5) is 12.4. The van der Waals surface area contributed by atoms with Gasteiger partial charge in [-0.1, -0.05) is 22.0 Å². The van der Waals surface area contributed by atoms with Gasteiger partial charge in [0.2, 0.25) is 0 Å². The maximum absolute atomic E-state index is 12.4. The predicted molar refractivity (Wildman–Crippen MR) is 90.9 cm³/mol. The molecule has 1 aromatic heterocycles. The molecule has 4 rings (SSSR count). The van der Waals surface area contributed by atoms with E-state index >= 15 is 0 Å². The molecular weight excluding hydrogens is 344 g/mol. The Morgan fingerprint density at radius 1 is 1.05 bits per heavy atom. The second-order valence-corrected chi connectivity index (χ2v) is 6.52. The highest BCUT2D eigenvalue weighted by atomic mass is 79.9.